The highest BCUT2D eigenvalue weighted by atomic mass is 35.5. The average Bonchev–Trinajstić information content (AvgIpc) is 3.04. The van der Waals surface area contributed by atoms with Gasteiger partial charge in [0.1, 0.15) is 17.3 Å². The minimum absolute atomic E-state index is 0.0615. The molecule has 1 aliphatic heterocycles. The highest BCUT2D eigenvalue weighted by Crippen LogP contribution is 2.43. The zero-order chi connectivity index (χ0) is 25.2. The lowest BCUT2D eigenvalue weighted by Crippen LogP contribution is -2.31. The number of carbonyl (C=O) groups excluding carboxylic acids is 2. The summed E-state index contributed by atoms with van der Waals surface area (Å²) in [6.07, 6.45) is 0.495. The van der Waals surface area contributed by atoms with Crippen LogP contribution in [0.1, 0.15) is 49.9 Å². The molecule has 2 N–H and O–H groups in total. The summed E-state index contributed by atoms with van der Waals surface area (Å²) < 4.78 is 10.6. The lowest BCUT2D eigenvalue weighted by Gasteiger charge is -2.26. The minimum Gasteiger partial charge on any atom is -0.507 e. The first kappa shape index (κ1) is 25.6. The van der Waals surface area contributed by atoms with Gasteiger partial charge >= 0.3 is 0 Å². The number of aromatic hydroxyl groups is 1. The van der Waals surface area contributed by atoms with E-state index in [4.69, 9.17) is 21.1 Å². The van der Waals surface area contributed by atoms with Gasteiger partial charge in [0.2, 0.25) is 0 Å². The quantitative estimate of drug-likeness (QED) is 0.252. The summed E-state index contributed by atoms with van der Waals surface area (Å²) in [5.74, 6) is -1.60. The summed E-state index contributed by atoms with van der Waals surface area (Å²) in [6.45, 7) is 6.73. The van der Waals surface area contributed by atoms with Crippen molar-refractivity contribution in [3.8, 4) is 11.5 Å². The van der Waals surface area contributed by atoms with E-state index in [1.807, 2.05) is 26.8 Å². The molecule has 34 heavy (non-hydrogen) atoms. The number of amides is 1. The van der Waals surface area contributed by atoms with E-state index >= 15 is 0 Å². The molecular formula is C26H30ClNO6. The fraction of sp³-hybridized carbons (Fsp3) is 0.385. The van der Waals surface area contributed by atoms with Gasteiger partial charge in [-0.3, -0.25) is 9.59 Å². The van der Waals surface area contributed by atoms with Gasteiger partial charge in [0.15, 0.2) is 0 Å². The van der Waals surface area contributed by atoms with E-state index in [9.17, 15) is 19.8 Å². The second-order valence-corrected chi connectivity index (χ2v) is 9.62. The maximum Gasteiger partial charge on any atom is 0.295 e. The van der Waals surface area contributed by atoms with Crippen molar-refractivity contribution in [2.75, 3.05) is 27.4 Å². The van der Waals surface area contributed by atoms with Crippen molar-refractivity contribution in [2.24, 2.45) is 0 Å². The van der Waals surface area contributed by atoms with E-state index in [0.29, 0.717) is 29.9 Å². The highest BCUT2D eigenvalue weighted by molar-refractivity contribution is 6.46. The van der Waals surface area contributed by atoms with Crippen LogP contribution in [0.25, 0.3) is 5.76 Å². The fourth-order valence-corrected chi connectivity index (χ4v) is 4.22. The van der Waals surface area contributed by atoms with Crippen LogP contribution in [0.3, 0.4) is 0 Å². The Hall–Kier alpha value is -3.03. The third kappa shape index (κ3) is 4.91. The number of carbonyl (C=O) groups is 2. The summed E-state index contributed by atoms with van der Waals surface area (Å²) in [7, 11) is 3.03. The predicted octanol–water partition coefficient (Wildman–Crippen LogP) is 4.81. The van der Waals surface area contributed by atoms with E-state index in [1.165, 1.54) is 24.1 Å². The van der Waals surface area contributed by atoms with Gasteiger partial charge in [-0.25, -0.2) is 0 Å². The van der Waals surface area contributed by atoms with Crippen molar-refractivity contribution in [3.63, 3.8) is 0 Å². The third-order valence-corrected chi connectivity index (χ3v) is 6.20. The van der Waals surface area contributed by atoms with E-state index in [0.717, 1.165) is 5.56 Å². The Morgan fingerprint density at radius 2 is 1.82 bits per heavy atom. The number of aliphatic hydroxyl groups excluding tert-OH is 1. The molecule has 8 heteroatoms. The summed E-state index contributed by atoms with van der Waals surface area (Å²) in [6, 6.07) is 8.98. The van der Waals surface area contributed by atoms with Gasteiger partial charge in [-0.15, -0.1) is 0 Å². The molecular weight excluding hydrogens is 458 g/mol. The molecule has 1 aliphatic rings. The summed E-state index contributed by atoms with van der Waals surface area (Å²) in [5.41, 5.74) is 1.45. The Balaban J connectivity index is 2.25. The Bertz CT molecular complexity index is 1130. The average molecular weight is 488 g/mol. The van der Waals surface area contributed by atoms with Crippen LogP contribution < -0.4 is 4.74 Å². The number of phenols is 1. The molecule has 0 saturated carbocycles. The maximum atomic E-state index is 13.2. The van der Waals surface area contributed by atoms with Crippen LogP contribution in [-0.4, -0.2) is 54.2 Å². The number of ketones is 1. The van der Waals surface area contributed by atoms with Gasteiger partial charge in [0.25, 0.3) is 11.7 Å². The van der Waals surface area contributed by atoms with Crippen LogP contribution in [0, 0.1) is 0 Å². The van der Waals surface area contributed by atoms with Crippen molar-refractivity contribution in [3.05, 3.63) is 63.7 Å². The molecule has 1 saturated heterocycles. The molecule has 1 amide bonds. The van der Waals surface area contributed by atoms with Gasteiger partial charge < -0.3 is 24.6 Å². The number of aliphatic hydroxyl groups is 1. The number of phenolic OH excluding ortho intramolecular Hbond substituents is 1. The summed E-state index contributed by atoms with van der Waals surface area (Å²) in [4.78, 5) is 27.7. The number of benzene rings is 2. The second-order valence-electron chi connectivity index (χ2n) is 9.21. The third-order valence-electron chi connectivity index (χ3n) is 5.90. The standard InChI is InChI=1S/C26H30ClNO6/c1-26(2,3)16-8-10-20(34-5)17(14-16)23(30)21-22(15-7-9-19(29)18(27)13-15)28(11-6-12-33-4)25(32)24(21)31/h7-10,13-14,22,29-30H,6,11-12H2,1-5H3/b23-21+. The molecule has 2 aromatic rings. The number of hydrogen-bond acceptors (Lipinski definition) is 6. The number of nitrogens with zero attached hydrogens (tertiary/aromatic N) is 1. The zero-order valence-corrected chi connectivity index (χ0v) is 20.8. The number of Topliss-reactive ketones (excluding diaryl/α,β-unsaturated/α-hetero) is 1. The Morgan fingerprint density at radius 3 is 2.41 bits per heavy atom. The second kappa shape index (κ2) is 10.1. The molecule has 0 aromatic heterocycles. The maximum absolute atomic E-state index is 13.2. The Kier molecular flexibility index (Phi) is 7.58. The first-order valence-electron chi connectivity index (χ1n) is 11.0. The number of hydrogen-bond donors (Lipinski definition) is 2. The molecule has 1 unspecified atom stereocenters. The van der Waals surface area contributed by atoms with E-state index in [2.05, 4.69) is 0 Å². The SMILES string of the molecule is COCCCN1C(=O)C(=O)/C(=C(/O)c2cc(C(C)(C)C)ccc2OC)C1c1ccc(O)c(Cl)c1. The largest absolute Gasteiger partial charge is 0.507 e. The fourth-order valence-electron chi connectivity index (χ4n) is 4.03. The van der Waals surface area contributed by atoms with Crippen LogP contribution >= 0.6 is 11.6 Å². The molecule has 1 atom stereocenters. The van der Waals surface area contributed by atoms with Crippen LogP contribution in [0.2, 0.25) is 5.02 Å². The van der Waals surface area contributed by atoms with E-state index in [1.54, 1.807) is 25.3 Å². The molecule has 1 fully saturated rings. The Labute approximate surface area is 204 Å². The lowest BCUT2D eigenvalue weighted by molar-refractivity contribution is -0.140. The Morgan fingerprint density at radius 1 is 1.12 bits per heavy atom. The molecule has 1 heterocycles. The van der Waals surface area contributed by atoms with E-state index in [-0.39, 0.29) is 34.1 Å². The summed E-state index contributed by atoms with van der Waals surface area (Å²) in [5, 5.41) is 21.4. The number of rotatable bonds is 7. The highest BCUT2D eigenvalue weighted by Gasteiger charge is 2.46. The zero-order valence-electron chi connectivity index (χ0n) is 20.0. The van der Waals surface area contributed by atoms with Crippen molar-refractivity contribution < 1.29 is 29.3 Å². The molecule has 0 radical (unpaired) electrons. The number of halogens is 1. The topological polar surface area (TPSA) is 96.3 Å². The molecule has 2 aromatic carbocycles. The van der Waals surface area contributed by atoms with Crippen molar-refractivity contribution in [1.82, 2.24) is 4.90 Å². The molecule has 0 aliphatic carbocycles. The molecule has 182 valence electrons. The first-order chi connectivity index (χ1) is 16.0. The first-order valence-corrected chi connectivity index (χ1v) is 11.3. The van der Waals surface area contributed by atoms with Crippen LogP contribution in [-0.2, 0) is 19.7 Å². The van der Waals surface area contributed by atoms with Crippen molar-refractivity contribution in [1.29, 1.82) is 0 Å². The number of likely N-dealkylation sites (tertiary alicyclic amines) is 1. The normalized spacial score (nSPS) is 17.9. The molecule has 0 bridgehead atoms. The lowest BCUT2D eigenvalue weighted by atomic mass is 9.85. The van der Waals surface area contributed by atoms with Gasteiger partial charge in [-0.1, -0.05) is 44.5 Å². The van der Waals surface area contributed by atoms with Crippen LogP contribution in [0.5, 0.6) is 11.5 Å². The molecule has 7 nitrogen and oxygen atoms in total. The smallest absolute Gasteiger partial charge is 0.295 e. The minimum atomic E-state index is -0.891. The van der Waals surface area contributed by atoms with Gasteiger partial charge in [-0.2, -0.15) is 0 Å². The van der Waals surface area contributed by atoms with Crippen LogP contribution in [0.4, 0.5) is 0 Å². The van der Waals surface area contributed by atoms with Gasteiger partial charge in [0.05, 0.1) is 29.3 Å². The molecule has 0 spiro atoms. The van der Waals surface area contributed by atoms with Gasteiger partial charge in [-0.05, 0) is 47.2 Å². The van der Waals surface area contributed by atoms with E-state index < -0.39 is 17.7 Å². The number of ether oxygens (including phenoxy) is 2. The van der Waals surface area contributed by atoms with Crippen molar-refractivity contribution >= 4 is 29.1 Å². The van der Waals surface area contributed by atoms with Crippen molar-refractivity contribution in [2.45, 2.75) is 38.6 Å². The predicted molar refractivity (Wildman–Crippen MR) is 130 cm³/mol. The van der Waals surface area contributed by atoms with Crippen LogP contribution in [0.15, 0.2) is 42.0 Å². The molecule has 3 rings (SSSR count). The number of methoxy groups -OCH3 is 2. The summed E-state index contributed by atoms with van der Waals surface area (Å²) >= 11 is 6.15. The monoisotopic (exact) mass is 487 g/mol. The van der Waals surface area contributed by atoms with Gasteiger partial charge in [0, 0.05) is 20.3 Å².